The van der Waals surface area contributed by atoms with E-state index in [0.717, 1.165) is 22.6 Å². The lowest BCUT2D eigenvalue weighted by Crippen LogP contribution is -2.74. The summed E-state index contributed by atoms with van der Waals surface area (Å²) in [7, 11) is -3.02. The lowest BCUT2D eigenvalue weighted by molar-refractivity contribution is 1.13. The van der Waals surface area contributed by atoms with Crippen LogP contribution < -0.4 is 20.7 Å². The van der Waals surface area contributed by atoms with Crippen molar-refractivity contribution in [2.24, 2.45) is 0 Å². The third-order valence-electron chi connectivity index (χ3n) is 14.8. The monoisotopic (exact) mass is 907 g/mol. The molecule has 0 amide bonds. The molecular weight excluding hydrogens is 863 g/mol. The van der Waals surface area contributed by atoms with Crippen LogP contribution in [0.2, 0.25) is 0 Å². The van der Waals surface area contributed by atoms with Crippen molar-refractivity contribution in [3.8, 4) is 28.2 Å². The normalized spacial score (nSPS) is 12.0. The second-order valence-corrected chi connectivity index (χ2v) is 22.1. The molecule has 328 valence electrons. The number of nitrogens with zero attached hydrogens (tertiary/aromatic N) is 3. The average Bonchev–Trinajstić information content (AvgIpc) is 4.08. The summed E-state index contributed by atoms with van der Waals surface area (Å²) in [5, 5.41) is 12.8. The highest BCUT2D eigenvalue weighted by molar-refractivity contribution is 7.20. The molecule has 0 aliphatic rings. The molecule has 11 aromatic carbocycles. The summed E-state index contributed by atoms with van der Waals surface area (Å²) in [6.45, 7) is 0. The zero-order chi connectivity index (χ0) is 46.2. The van der Waals surface area contributed by atoms with E-state index in [1.54, 1.807) is 0 Å². The van der Waals surface area contributed by atoms with Gasteiger partial charge in [-0.05, 0) is 74.8 Å². The summed E-state index contributed by atoms with van der Waals surface area (Å²) >= 11 is 0. The Hall–Kier alpha value is -8.96. The number of aromatic nitrogens is 3. The van der Waals surface area contributed by atoms with Crippen LogP contribution >= 0.6 is 0 Å². The van der Waals surface area contributed by atoms with Crippen molar-refractivity contribution in [2.45, 2.75) is 0 Å². The summed E-state index contributed by atoms with van der Waals surface area (Å²) < 4.78 is 7.57. The first kappa shape index (κ1) is 40.1. The number of para-hydroxylation sites is 5. The lowest BCUT2D eigenvalue weighted by Gasteiger charge is -2.35. The van der Waals surface area contributed by atoms with Gasteiger partial charge in [-0.25, -0.2) is 0 Å². The second kappa shape index (κ2) is 16.1. The molecule has 70 heavy (non-hydrogen) atoms. The summed E-state index contributed by atoms with van der Waals surface area (Å²) in [5.41, 5.74) is 12.8. The van der Waals surface area contributed by atoms with Gasteiger partial charge in [0.25, 0.3) is 0 Å². The molecule has 14 aromatic rings. The summed E-state index contributed by atoms with van der Waals surface area (Å²) in [5.74, 6) is 0. The van der Waals surface area contributed by atoms with Crippen LogP contribution in [-0.2, 0) is 0 Å². The molecule has 0 unspecified atom stereocenters. The number of benzene rings is 11. The van der Waals surface area contributed by atoms with Crippen LogP contribution in [0.3, 0.4) is 0 Å². The molecular formula is C66H45N3Si. The van der Waals surface area contributed by atoms with E-state index in [4.69, 9.17) is 0 Å². The molecule has 3 nitrogen and oxygen atoms in total. The molecule has 0 atom stereocenters. The van der Waals surface area contributed by atoms with Gasteiger partial charge in [-0.1, -0.05) is 224 Å². The number of hydrogen-bond acceptors (Lipinski definition) is 0. The highest BCUT2D eigenvalue weighted by atomic mass is 28.3. The fourth-order valence-electron chi connectivity index (χ4n) is 12.0. The number of rotatable bonds is 8. The highest BCUT2D eigenvalue weighted by Crippen LogP contribution is 2.42. The third-order valence-corrected chi connectivity index (χ3v) is 19.6. The Balaban J connectivity index is 1.16. The van der Waals surface area contributed by atoms with E-state index >= 15 is 0 Å². The maximum absolute atomic E-state index is 3.02. The van der Waals surface area contributed by atoms with Crippen LogP contribution in [0.4, 0.5) is 0 Å². The first-order valence-corrected chi connectivity index (χ1v) is 26.2. The zero-order valence-electron chi connectivity index (χ0n) is 38.3. The minimum atomic E-state index is -3.02. The van der Waals surface area contributed by atoms with Crippen molar-refractivity contribution in [3.63, 3.8) is 0 Å². The van der Waals surface area contributed by atoms with E-state index in [0.29, 0.717) is 0 Å². The minimum absolute atomic E-state index is 1.10. The van der Waals surface area contributed by atoms with Gasteiger partial charge in [0, 0.05) is 43.6 Å². The van der Waals surface area contributed by atoms with Gasteiger partial charge < -0.3 is 13.7 Å². The third kappa shape index (κ3) is 5.87. The number of fused-ring (bicyclic) bond motifs is 9. The molecule has 3 heterocycles. The Morgan fingerprint density at radius 3 is 1.29 bits per heavy atom. The van der Waals surface area contributed by atoms with Crippen LogP contribution in [0, 0.1) is 0 Å². The molecule has 0 N–H and O–H groups in total. The molecule has 0 radical (unpaired) electrons. The van der Waals surface area contributed by atoms with Crippen LogP contribution in [-0.4, -0.2) is 21.8 Å². The molecule has 0 saturated carbocycles. The topological polar surface area (TPSA) is 14.8 Å². The van der Waals surface area contributed by atoms with E-state index in [1.807, 2.05) is 0 Å². The summed E-state index contributed by atoms with van der Waals surface area (Å²) in [6.07, 6.45) is 0. The minimum Gasteiger partial charge on any atom is -0.309 e. The van der Waals surface area contributed by atoms with Crippen molar-refractivity contribution in [3.05, 3.63) is 273 Å². The fourth-order valence-corrected chi connectivity index (χ4v) is 17.0. The van der Waals surface area contributed by atoms with E-state index in [9.17, 15) is 0 Å². The zero-order valence-corrected chi connectivity index (χ0v) is 39.3. The van der Waals surface area contributed by atoms with Gasteiger partial charge in [-0.2, -0.15) is 0 Å². The molecule has 0 saturated heterocycles. The van der Waals surface area contributed by atoms with Crippen LogP contribution in [0.1, 0.15) is 0 Å². The largest absolute Gasteiger partial charge is 0.309 e. The van der Waals surface area contributed by atoms with Crippen molar-refractivity contribution < 1.29 is 0 Å². The number of hydrogen-bond donors (Lipinski definition) is 0. The fraction of sp³-hybridized carbons (Fsp3) is 0. The van der Waals surface area contributed by atoms with Crippen LogP contribution in [0.15, 0.2) is 273 Å². The Kier molecular flexibility index (Phi) is 9.23. The Labute approximate surface area is 407 Å². The Morgan fingerprint density at radius 2 is 0.700 bits per heavy atom. The van der Waals surface area contributed by atoms with E-state index in [1.165, 1.54) is 91.8 Å². The maximum Gasteiger partial charge on any atom is 0.180 e. The van der Waals surface area contributed by atoms with Gasteiger partial charge in [0.05, 0.1) is 44.5 Å². The second-order valence-electron chi connectivity index (χ2n) is 18.4. The van der Waals surface area contributed by atoms with Gasteiger partial charge in [0.15, 0.2) is 8.07 Å². The van der Waals surface area contributed by atoms with Crippen LogP contribution in [0.25, 0.3) is 93.6 Å². The first-order valence-electron chi connectivity index (χ1n) is 24.2. The molecule has 0 fully saturated rings. The van der Waals surface area contributed by atoms with Crippen molar-refractivity contribution in [1.29, 1.82) is 0 Å². The van der Waals surface area contributed by atoms with Crippen molar-refractivity contribution in [2.75, 3.05) is 0 Å². The van der Waals surface area contributed by atoms with Gasteiger partial charge in [0.1, 0.15) is 0 Å². The molecule has 0 aliphatic carbocycles. The van der Waals surface area contributed by atoms with Crippen molar-refractivity contribution in [1.82, 2.24) is 13.7 Å². The molecule has 0 spiro atoms. The van der Waals surface area contributed by atoms with E-state index in [-0.39, 0.29) is 0 Å². The highest BCUT2D eigenvalue weighted by Gasteiger charge is 2.43. The molecule has 0 bridgehead atoms. The van der Waals surface area contributed by atoms with Gasteiger partial charge >= 0.3 is 0 Å². The molecule has 3 aromatic heterocycles. The lowest BCUT2D eigenvalue weighted by atomic mass is 10.0. The Morgan fingerprint density at radius 1 is 0.271 bits per heavy atom. The quantitative estimate of drug-likeness (QED) is 0.107. The Bertz CT molecular complexity index is 4130. The summed E-state index contributed by atoms with van der Waals surface area (Å²) in [4.78, 5) is 0. The first-order chi connectivity index (χ1) is 34.8. The molecule has 0 aliphatic heterocycles. The van der Waals surface area contributed by atoms with E-state index < -0.39 is 8.07 Å². The van der Waals surface area contributed by atoms with Gasteiger partial charge in [-0.15, -0.1) is 0 Å². The van der Waals surface area contributed by atoms with Crippen LogP contribution in [0.5, 0.6) is 0 Å². The molecule has 14 rings (SSSR count). The maximum atomic E-state index is 2.58. The van der Waals surface area contributed by atoms with E-state index in [2.05, 4.69) is 287 Å². The van der Waals surface area contributed by atoms with Gasteiger partial charge in [0.2, 0.25) is 0 Å². The predicted octanol–water partition coefficient (Wildman–Crippen LogP) is 14.0. The predicted molar refractivity (Wildman–Crippen MR) is 299 cm³/mol. The SMILES string of the molecule is c1ccc(-c2ccccc2-n2c3ccccc3c3ccc(-n4c5cccc([Si](c6ccccc6)(c6ccccc6)c6ccccc6)c5c5cccc(-n6c7ccccc7c7ccccc76)c54)cc32)cc1. The summed E-state index contributed by atoms with van der Waals surface area (Å²) in [6, 6.07) is 101. The average molecular weight is 908 g/mol. The standard InChI is InChI=1S/C66H45N3Si/c1-5-23-46(24-6-1)51-31-13-17-36-57(51)69-60-39-20-16-34-54(60)55-44-43-47(45-63(55)69)67-61-40-22-42-64(70(48-25-7-2-8-26-48,49-27-9-3-10-28-49)50-29-11-4-12-30-50)65(61)56-35-21-41-62(66(56)67)68-58-37-18-14-32-52(58)53-33-15-19-38-59(53)68/h1-45H. The van der Waals surface area contributed by atoms with Crippen molar-refractivity contribution >= 4 is 94.2 Å². The van der Waals surface area contributed by atoms with Gasteiger partial charge in [-0.3, -0.25) is 0 Å². The molecule has 4 heteroatoms. The smallest absolute Gasteiger partial charge is 0.180 e.